The van der Waals surface area contributed by atoms with E-state index in [1.165, 1.54) is 16.9 Å². The van der Waals surface area contributed by atoms with Crippen LogP contribution in [0.4, 0.5) is 0 Å². The lowest BCUT2D eigenvalue weighted by Crippen LogP contribution is -2.51. The van der Waals surface area contributed by atoms with Gasteiger partial charge in [0.2, 0.25) is 0 Å². The topological polar surface area (TPSA) is 34.1 Å². The highest BCUT2D eigenvalue weighted by Gasteiger charge is 2.61. The van der Waals surface area contributed by atoms with E-state index in [1.54, 1.807) is 0 Å². The quantitative estimate of drug-likeness (QED) is 0.566. The van der Waals surface area contributed by atoms with Crippen LogP contribution >= 0.6 is 11.8 Å². The van der Waals surface area contributed by atoms with Crippen LogP contribution in [0, 0.1) is 34.5 Å². The van der Waals surface area contributed by atoms with Crippen LogP contribution in [0.25, 0.3) is 0 Å². The summed E-state index contributed by atoms with van der Waals surface area (Å²) in [6.07, 6.45) is 8.89. The molecule has 1 aromatic rings. The summed E-state index contributed by atoms with van der Waals surface area (Å²) in [6, 6.07) is 10.6. The number of allylic oxidation sites excluding steroid dienone is 1. The molecule has 3 heteroatoms. The van der Waals surface area contributed by atoms with Crippen molar-refractivity contribution < 1.29 is 9.59 Å². The zero-order chi connectivity index (χ0) is 20.2. The van der Waals surface area contributed by atoms with Crippen molar-refractivity contribution in [2.75, 3.05) is 5.75 Å². The molecule has 0 spiro atoms. The Bertz CT molecular complexity index is 859. The Morgan fingerprint density at radius 2 is 1.79 bits per heavy atom. The average Bonchev–Trinajstić information content (AvgIpc) is 2.98. The van der Waals surface area contributed by atoms with Gasteiger partial charge in [-0.25, -0.2) is 0 Å². The molecule has 0 saturated heterocycles. The Labute approximate surface area is 178 Å². The number of hydrogen-bond donors (Lipinski definition) is 0. The molecule has 0 amide bonds. The van der Waals surface area contributed by atoms with Crippen LogP contribution in [-0.2, 0) is 9.59 Å². The van der Waals surface area contributed by atoms with Gasteiger partial charge in [0, 0.05) is 28.9 Å². The molecule has 1 unspecified atom stereocenters. The highest BCUT2D eigenvalue weighted by Crippen LogP contribution is 2.65. The van der Waals surface area contributed by atoms with Gasteiger partial charge in [-0.3, -0.25) is 9.59 Å². The van der Waals surface area contributed by atoms with Crippen LogP contribution < -0.4 is 0 Å². The molecule has 6 atom stereocenters. The van der Waals surface area contributed by atoms with Crippen LogP contribution in [0.15, 0.2) is 46.9 Å². The van der Waals surface area contributed by atoms with Crippen molar-refractivity contribution in [2.24, 2.45) is 34.5 Å². The number of rotatable bonds is 3. The van der Waals surface area contributed by atoms with Gasteiger partial charge < -0.3 is 0 Å². The summed E-state index contributed by atoms with van der Waals surface area (Å²) in [5.41, 5.74) is 1.48. The monoisotopic (exact) mass is 408 g/mol. The summed E-state index contributed by atoms with van der Waals surface area (Å²) < 4.78 is 0. The van der Waals surface area contributed by atoms with Crippen LogP contribution in [0.1, 0.15) is 58.8 Å². The fourth-order valence-corrected chi connectivity index (χ4v) is 8.57. The molecule has 154 valence electrons. The second-order valence-corrected chi connectivity index (χ2v) is 11.4. The normalized spacial score (nSPS) is 41.4. The Morgan fingerprint density at radius 3 is 2.59 bits per heavy atom. The molecule has 29 heavy (non-hydrogen) atoms. The summed E-state index contributed by atoms with van der Waals surface area (Å²) in [5.74, 6) is 4.18. The van der Waals surface area contributed by atoms with Crippen molar-refractivity contribution in [3.8, 4) is 0 Å². The second-order valence-electron chi connectivity index (χ2n) is 10.4. The lowest BCUT2D eigenvalue weighted by molar-refractivity contribution is -0.133. The lowest BCUT2D eigenvalue weighted by Gasteiger charge is -2.57. The minimum absolute atomic E-state index is 0.120. The first kappa shape index (κ1) is 19.6. The van der Waals surface area contributed by atoms with Crippen molar-refractivity contribution in [1.82, 2.24) is 0 Å². The fourth-order valence-electron chi connectivity index (χ4n) is 7.48. The molecule has 2 nitrogen and oxygen atoms in total. The van der Waals surface area contributed by atoms with Gasteiger partial charge in [0.15, 0.2) is 5.78 Å². The van der Waals surface area contributed by atoms with Gasteiger partial charge in [-0.2, -0.15) is 0 Å². The van der Waals surface area contributed by atoms with E-state index in [-0.39, 0.29) is 10.8 Å². The maximum absolute atomic E-state index is 13.2. The Morgan fingerprint density at radius 1 is 1.00 bits per heavy atom. The van der Waals surface area contributed by atoms with E-state index in [0.29, 0.717) is 41.7 Å². The number of hydrogen-bond acceptors (Lipinski definition) is 3. The van der Waals surface area contributed by atoms with Crippen molar-refractivity contribution in [3.63, 3.8) is 0 Å². The Balaban J connectivity index is 1.43. The minimum Gasteiger partial charge on any atom is -0.299 e. The van der Waals surface area contributed by atoms with Gasteiger partial charge in [-0.05, 0) is 79.4 Å². The number of ketones is 2. The molecule has 4 aliphatic carbocycles. The maximum atomic E-state index is 13.2. The highest BCUT2D eigenvalue weighted by atomic mass is 32.2. The molecule has 0 bridgehead atoms. The molecule has 4 aliphatic rings. The third-order valence-corrected chi connectivity index (χ3v) is 10.2. The van der Waals surface area contributed by atoms with Crippen molar-refractivity contribution in [2.45, 2.75) is 63.7 Å². The zero-order valence-corrected chi connectivity index (χ0v) is 18.5. The van der Waals surface area contributed by atoms with E-state index in [0.717, 1.165) is 37.9 Å². The zero-order valence-electron chi connectivity index (χ0n) is 17.7. The molecule has 5 rings (SSSR count). The molecule has 0 aromatic heterocycles. The fraction of sp³-hybridized carbons (Fsp3) is 0.615. The first-order chi connectivity index (χ1) is 13.9. The molecule has 1 aromatic carbocycles. The van der Waals surface area contributed by atoms with Crippen molar-refractivity contribution in [1.29, 1.82) is 0 Å². The maximum Gasteiger partial charge on any atom is 0.155 e. The molecule has 3 fully saturated rings. The number of Topliss-reactive ketones (excluding diaryl/α,β-unsaturated/α-hetero) is 1. The van der Waals surface area contributed by atoms with Crippen LogP contribution in [-0.4, -0.2) is 17.3 Å². The summed E-state index contributed by atoms with van der Waals surface area (Å²) in [6.45, 7) is 4.71. The van der Waals surface area contributed by atoms with Gasteiger partial charge >= 0.3 is 0 Å². The van der Waals surface area contributed by atoms with Crippen LogP contribution in [0.5, 0.6) is 0 Å². The molecule has 0 N–H and O–H groups in total. The van der Waals surface area contributed by atoms with Crippen molar-refractivity contribution >= 4 is 23.3 Å². The van der Waals surface area contributed by atoms with Crippen LogP contribution in [0.3, 0.4) is 0 Å². The van der Waals surface area contributed by atoms with E-state index in [4.69, 9.17) is 0 Å². The van der Waals surface area contributed by atoms with E-state index in [9.17, 15) is 9.59 Å². The Hall–Kier alpha value is -1.35. The summed E-state index contributed by atoms with van der Waals surface area (Å²) in [7, 11) is 0. The molecule has 3 saturated carbocycles. The van der Waals surface area contributed by atoms with E-state index in [2.05, 4.69) is 44.2 Å². The van der Waals surface area contributed by atoms with Crippen molar-refractivity contribution in [3.05, 3.63) is 42.0 Å². The molecular weight excluding hydrogens is 376 g/mol. The third-order valence-electron chi connectivity index (χ3n) is 9.01. The van der Waals surface area contributed by atoms with Gasteiger partial charge in [0.25, 0.3) is 0 Å². The third kappa shape index (κ3) is 3.07. The minimum atomic E-state index is -0.120. The molecular formula is C26H32O2S. The molecule has 0 radical (unpaired) electrons. The highest BCUT2D eigenvalue weighted by molar-refractivity contribution is 7.99. The SMILES string of the molecule is C[C@]12CCC(=O)C=C1CC[C@@H]1[C@@H]2CC[C@]2(C)C(=O)CC(CSc3ccccc3)[C@@H]12. The second kappa shape index (κ2) is 7.11. The Kier molecular flexibility index (Phi) is 4.81. The molecule has 0 aliphatic heterocycles. The smallest absolute Gasteiger partial charge is 0.155 e. The average molecular weight is 409 g/mol. The summed E-state index contributed by atoms with van der Waals surface area (Å²) in [5, 5.41) is 0. The number of carbonyl (C=O) groups excluding carboxylic acids is 2. The van der Waals surface area contributed by atoms with Gasteiger partial charge in [0.1, 0.15) is 5.78 Å². The first-order valence-electron chi connectivity index (χ1n) is 11.4. The molecule has 0 heterocycles. The first-order valence-corrected chi connectivity index (χ1v) is 12.4. The standard InChI is InChI=1S/C26H32O2S/c1-25-12-10-19(27)15-18(25)8-9-21-22(25)11-13-26(2)23(28)14-17(24(21)26)16-29-20-6-4-3-5-7-20/h3-7,15,17,21-22,24H,8-14,16H2,1-2H3/t17?,21-,22+,24+,25+,26-/m1/s1. The van der Waals surface area contributed by atoms with Gasteiger partial charge in [-0.15, -0.1) is 11.8 Å². The largest absolute Gasteiger partial charge is 0.299 e. The van der Waals surface area contributed by atoms with E-state index < -0.39 is 0 Å². The lowest BCUT2D eigenvalue weighted by atomic mass is 9.47. The number of benzene rings is 1. The summed E-state index contributed by atoms with van der Waals surface area (Å²) in [4.78, 5) is 26.5. The number of carbonyl (C=O) groups is 2. The summed E-state index contributed by atoms with van der Waals surface area (Å²) >= 11 is 1.93. The van der Waals surface area contributed by atoms with E-state index in [1.807, 2.05) is 17.8 Å². The van der Waals surface area contributed by atoms with E-state index >= 15 is 0 Å². The van der Waals surface area contributed by atoms with Gasteiger partial charge in [-0.1, -0.05) is 37.6 Å². The number of thioether (sulfide) groups is 1. The predicted molar refractivity (Wildman–Crippen MR) is 118 cm³/mol. The van der Waals surface area contributed by atoms with Crippen LogP contribution in [0.2, 0.25) is 0 Å². The predicted octanol–water partition coefficient (Wildman–Crippen LogP) is 6.11. The number of fused-ring (bicyclic) bond motifs is 5. The van der Waals surface area contributed by atoms with Gasteiger partial charge in [0.05, 0.1) is 0 Å².